The van der Waals surface area contributed by atoms with E-state index in [2.05, 4.69) is 0 Å². The van der Waals surface area contributed by atoms with E-state index in [0.717, 1.165) is 5.56 Å². The molecule has 0 heterocycles. The van der Waals surface area contributed by atoms with Gasteiger partial charge in [-0.05, 0) is 0 Å². The van der Waals surface area contributed by atoms with Gasteiger partial charge in [0.2, 0.25) is 0 Å². The molecule has 0 fully saturated rings. The third-order valence-electron chi connectivity index (χ3n) is 1.98. The van der Waals surface area contributed by atoms with Gasteiger partial charge in [0.15, 0.2) is 0 Å². The van der Waals surface area contributed by atoms with Crippen LogP contribution >= 0.6 is 0 Å². The summed E-state index contributed by atoms with van der Waals surface area (Å²) in [5.41, 5.74) is 1.07. The van der Waals surface area contributed by atoms with Gasteiger partial charge < -0.3 is 0 Å². The molecule has 0 unspecified atom stereocenters. The van der Waals surface area contributed by atoms with Crippen LogP contribution in [0.25, 0.3) is 0 Å². The van der Waals surface area contributed by atoms with Crippen LogP contribution < -0.4 is 0 Å². The molecule has 0 saturated heterocycles. The Morgan fingerprint density at radius 3 is 2.44 bits per heavy atom. The second-order valence-electron chi connectivity index (χ2n) is 3.29. The molecule has 3 nitrogen and oxygen atoms in total. The molecule has 0 atom stereocenters. The fraction of sp³-hybridized carbons (Fsp3) is 0.455. The standard InChI is InChI=1S/C11H16O3SSe/c1-3-14-8-9-16-15(12,13)11-6-4-10(2)5-7-11/h4-7H,3,8-9H2,1-2H3. The Bertz CT molecular complexity index is 411. The Kier molecular flexibility index (Phi) is 5.49. The quantitative estimate of drug-likeness (QED) is 0.595. The summed E-state index contributed by atoms with van der Waals surface area (Å²) in [6.07, 6.45) is 0. The van der Waals surface area contributed by atoms with E-state index in [1.165, 1.54) is 0 Å². The molecule has 0 saturated carbocycles. The van der Waals surface area contributed by atoms with Crippen LogP contribution in [0.15, 0.2) is 29.2 Å². The van der Waals surface area contributed by atoms with Crippen LogP contribution in [0.4, 0.5) is 0 Å². The van der Waals surface area contributed by atoms with Crippen LogP contribution in [0.5, 0.6) is 0 Å². The van der Waals surface area contributed by atoms with Gasteiger partial charge >= 0.3 is 102 Å². The summed E-state index contributed by atoms with van der Waals surface area (Å²) in [5, 5.41) is 0.608. The molecule has 0 amide bonds. The van der Waals surface area contributed by atoms with Crippen LogP contribution in [0.3, 0.4) is 0 Å². The zero-order valence-electron chi connectivity index (χ0n) is 9.47. The maximum absolute atomic E-state index is 11.9. The minimum absolute atomic E-state index is 0.426. The number of aryl methyl sites for hydroxylation is 1. The molecule has 1 aromatic rings. The van der Waals surface area contributed by atoms with E-state index in [4.69, 9.17) is 4.74 Å². The van der Waals surface area contributed by atoms with Crippen molar-refractivity contribution in [3.63, 3.8) is 0 Å². The van der Waals surface area contributed by atoms with Crippen molar-refractivity contribution in [1.29, 1.82) is 0 Å². The van der Waals surface area contributed by atoms with Crippen molar-refractivity contribution in [3.05, 3.63) is 29.8 Å². The van der Waals surface area contributed by atoms with Crippen LogP contribution in [0, 0.1) is 6.92 Å². The zero-order valence-corrected chi connectivity index (χ0v) is 12.0. The molecular formula is C11H16O3SSe. The van der Waals surface area contributed by atoms with Crippen molar-refractivity contribution < 1.29 is 13.2 Å². The normalized spacial score (nSPS) is 11.6. The van der Waals surface area contributed by atoms with Gasteiger partial charge in [0, 0.05) is 0 Å². The molecule has 0 N–H and O–H groups in total. The van der Waals surface area contributed by atoms with Crippen molar-refractivity contribution in [2.24, 2.45) is 0 Å². The summed E-state index contributed by atoms with van der Waals surface area (Å²) in [7, 11) is -3.08. The molecule has 0 radical (unpaired) electrons. The molecule has 5 heteroatoms. The molecule has 0 aromatic heterocycles. The zero-order chi connectivity index (χ0) is 12.0. The van der Waals surface area contributed by atoms with Gasteiger partial charge in [0.1, 0.15) is 0 Å². The van der Waals surface area contributed by atoms with Gasteiger partial charge in [0.05, 0.1) is 0 Å². The molecule has 1 aromatic carbocycles. The van der Waals surface area contributed by atoms with Gasteiger partial charge in [-0.1, -0.05) is 0 Å². The first kappa shape index (κ1) is 13.7. The Hall–Kier alpha value is -0.351. The molecule has 0 aliphatic rings. The van der Waals surface area contributed by atoms with E-state index in [-0.39, 0.29) is 0 Å². The fourth-order valence-electron chi connectivity index (χ4n) is 1.12. The number of benzene rings is 1. The molecule has 0 bridgehead atoms. The first-order valence-corrected chi connectivity index (χ1v) is 9.82. The van der Waals surface area contributed by atoms with Crippen LogP contribution in [0.2, 0.25) is 5.32 Å². The topological polar surface area (TPSA) is 43.4 Å². The van der Waals surface area contributed by atoms with Crippen molar-refractivity contribution >= 4 is 22.1 Å². The summed E-state index contributed by atoms with van der Waals surface area (Å²) in [4.78, 5) is 0.426. The van der Waals surface area contributed by atoms with Crippen molar-refractivity contribution in [2.75, 3.05) is 13.2 Å². The van der Waals surface area contributed by atoms with E-state index < -0.39 is 22.1 Å². The third-order valence-corrected chi connectivity index (χ3v) is 7.87. The Labute approximate surface area is 102 Å². The maximum atomic E-state index is 11.9. The molecule has 0 aliphatic carbocycles. The molecule has 90 valence electrons. The summed E-state index contributed by atoms with van der Waals surface area (Å²) >= 11 is -0.433. The second kappa shape index (κ2) is 6.40. The predicted molar refractivity (Wildman–Crippen MR) is 65.4 cm³/mol. The number of hydrogen-bond donors (Lipinski definition) is 0. The van der Waals surface area contributed by atoms with Crippen molar-refractivity contribution in [3.8, 4) is 0 Å². The Balaban J connectivity index is 2.60. The average molecular weight is 307 g/mol. The summed E-state index contributed by atoms with van der Waals surface area (Å²) in [6, 6.07) is 7.00. The van der Waals surface area contributed by atoms with E-state index in [1.807, 2.05) is 26.0 Å². The Morgan fingerprint density at radius 1 is 1.25 bits per heavy atom. The van der Waals surface area contributed by atoms with Crippen LogP contribution in [-0.2, 0) is 13.0 Å². The van der Waals surface area contributed by atoms with E-state index in [1.54, 1.807) is 12.1 Å². The van der Waals surface area contributed by atoms with Gasteiger partial charge in [-0.25, -0.2) is 0 Å². The monoisotopic (exact) mass is 308 g/mol. The molecular weight excluding hydrogens is 291 g/mol. The SMILES string of the molecule is CCOCC[Se]S(=O)(=O)c1ccc(C)cc1. The summed E-state index contributed by atoms with van der Waals surface area (Å²) < 4.78 is 28.9. The molecule has 0 aliphatic heterocycles. The Morgan fingerprint density at radius 2 is 1.88 bits per heavy atom. The van der Waals surface area contributed by atoms with E-state index >= 15 is 0 Å². The predicted octanol–water partition coefficient (Wildman–Crippen LogP) is 1.84. The first-order chi connectivity index (χ1) is 7.56. The van der Waals surface area contributed by atoms with Gasteiger partial charge in [-0.15, -0.1) is 0 Å². The molecule has 16 heavy (non-hydrogen) atoms. The second-order valence-corrected chi connectivity index (χ2v) is 10.0. The van der Waals surface area contributed by atoms with E-state index in [9.17, 15) is 8.42 Å². The van der Waals surface area contributed by atoms with Crippen molar-refractivity contribution in [2.45, 2.75) is 24.1 Å². The fourth-order valence-corrected chi connectivity index (χ4v) is 5.63. The third kappa shape index (κ3) is 4.26. The van der Waals surface area contributed by atoms with Crippen LogP contribution in [0.1, 0.15) is 12.5 Å². The first-order valence-electron chi connectivity index (χ1n) is 5.10. The summed E-state index contributed by atoms with van der Waals surface area (Å²) in [5.74, 6) is 0. The molecule has 0 spiro atoms. The number of ether oxygens (including phenoxy) is 1. The van der Waals surface area contributed by atoms with Gasteiger partial charge in [-0.2, -0.15) is 0 Å². The van der Waals surface area contributed by atoms with Gasteiger partial charge in [-0.3, -0.25) is 0 Å². The number of rotatable bonds is 6. The van der Waals surface area contributed by atoms with Crippen molar-refractivity contribution in [1.82, 2.24) is 0 Å². The average Bonchev–Trinajstić information content (AvgIpc) is 2.25. The molecule has 1 rings (SSSR count). The van der Waals surface area contributed by atoms with Crippen LogP contribution in [-0.4, -0.2) is 35.5 Å². The summed E-state index contributed by atoms with van der Waals surface area (Å²) in [6.45, 7) is 5.01. The van der Waals surface area contributed by atoms with E-state index in [0.29, 0.717) is 23.4 Å². The minimum atomic E-state index is -3.08. The number of hydrogen-bond acceptors (Lipinski definition) is 3. The van der Waals surface area contributed by atoms with Gasteiger partial charge in [0.25, 0.3) is 0 Å².